The highest BCUT2D eigenvalue weighted by Gasteiger charge is 2.13. The fourth-order valence-electron chi connectivity index (χ4n) is 2.43. The molecule has 1 atom stereocenters. The summed E-state index contributed by atoms with van der Waals surface area (Å²) in [5.41, 5.74) is 4.83. The average Bonchev–Trinajstić information content (AvgIpc) is 2.44. The van der Waals surface area contributed by atoms with Crippen molar-refractivity contribution in [3.05, 3.63) is 34.4 Å². The van der Waals surface area contributed by atoms with Gasteiger partial charge in [0.2, 0.25) is 0 Å². The third kappa shape index (κ3) is 4.33. The van der Waals surface area contributed by atoms with Gasteiger partial charge >= 0.3 is 0 Å². The summed E-state index contributed by atoms with van der Waals surface area (Å²) in [5.74, 6) is 0. The highest BCUT2D eigenvalue weighted by molar-refractivity contribution is 5.40. The molecule has 1 aromatic carbocycles. The standard InChI is InChI=1S/C17H27N3/c1-6-20(7-2)9-8-19-17(12-18)16-11-14(4)13(3)10-15(16)5/h10-11,17,19H,6-9H2,1-5H3. The second-order valence-electron chi connectivity index (χ2n) is 5.34. The molecule has 0 aliphatic rings. The number of nitriles is 1. The molecule has 110 valence electrons. The van der Waals surface area contributed by atoms with Crippen molar-refractivity contribution in [1.82, 2.24) is 10.2 Å². The molecule has 1 aromatic rings. The Morgan fingerprint density at radius 1 is 1.10 bits per heavy atom. The molecule has 0 radical (unpaired) electrons. The van der Waals surface area contributed by atoms with Gasteiger partial charge in [-0.05, 0) is 56.1 Å². The second-order valence-corrected chi connectivity index (χ2v) is 5.34. The molecule has 3 nitrogen and oxygen atoms in total. The first-order valence-electron chi connectivity index (χ1n) is 7.46. The monoisotopic (exact) mass is 273 g/mol. The smallest absolute Gasteiger partial charge is 0.121 e. The molecule has 20 heavy (non-hydrogen) atoms. The predicted octanol–water partition coefficient (Wildman–Crippen LogP) is 3.11. The first-order chi connectivity index (χ1) is 9.53. The van der Waals surface area contributed by atoms with E-state index < -0.39 is 0 Å². The van der Waals surface area contributed by atoms with Crippen molar-refractivity contribution in [2.75, 3.05) is 26.2 Å². The summed E-state index contributed by atoms with van der Waals surface area (Å²) >= 11 is 0. The van der Waals surface area contributed by atoms with Gasteiger partial charge in [-0.2, -0.15) is 5.26 Å². The maximum atomic E-state index is 9.42. The normalized spacial score (nSPS) is 12.4. The molecule has 0 bridgehead atoms. The fourth-order valence-corrected chi connectivity index (χ4v) is 2.43. The Kier molecular flexibility index (Phi) is 6.70. The van der Waals surface area contributed by atoms with Crippen LogP contribution in [0.5, 0.6) is 0 Å². The van der Waals surface area contributed by atoms with Crippen molar-refractivity contribution in [3.63, 3.8) is 0 Å². The number of hydrogen-bond donors (Lipinski definition) is 1. The minimum absolute atomic E-state index is 0.218. The van der Waals surface area contributed by atoms with Gasteiger partial charge in [-0.25, -0.2) is 0 Å². The van der Waals surface area contributed by atoms with Gasteiger partial charge in [0, 0.05) is 13.1 Å². The van der Waals surface area contributed by atoms with Crippen molar-refractivity contribution in [1.29, 1.82) is 5.26 Å². The van der Waals surface area contributed by atoms with Crippen molar-refractivity contribution >= 4 is 0 Å². The summed E-state index contributed by atoms with van der Waals surface area (Å²) in [4.78, 5) is 2.36. The first kappa shape index (κ1) is 16.7. The Labute approximate surface area is 123 Å². The van der Waals surface area contributed by atoms with Crippen LogP contribution in [-0.2, 0) is 0 Å². The zero-order valence-electron chi connectivity index (χ0n) is 13.5. The molecular weight excluding hydrogens is 246 g/mol. The summed E-state index contributed by atoms with van der Waals surface area (Å²) in [7, 11) is 0. The van der Waals surface area contributed by atoms with Crippen LogP contribution < -0.4 is 5.32 Å². The zero-order valence-corrected chi connectivity index (χ0v) is 13.5. The largest absolute Gasteiger partial charge is 0.303 e. The van der Waals surface area contributed by atoms with E-state index in [1.165, 1.54) is 16.7 Å². The number of likely N-dealkylation sites (N-methyl/N-ethyl adjacent to an activating group) is 1. The fraction of sp³-hybridized carbons (Fsp3) is 0.588. The van der Waals surface area contributed by atoms with Gasteiger partial charge in [0.1, 0.15) is 6.04 Å². The summed E-state index contributed by atoms with van der Waals surface area (Å²) in [6.45, 7) is 14.6. The maximum absolute atomic E-state index is 9.42. The molecule has 0 aromatic heterocycles. The van der Waals surface area contributed by atoms with Gasteiger partial charge in [-0.1, -0.05) is 26.0 Å². The van der Waals surface area contributed by atoms with Crippen LogP contribution in [0, 0.1) is 32.1 Å². The van der Waals surface area contributed by atoms with Crippen molar-refractivity contribution in [2.24, 2.45) is 0 Å². The zero-order chi connectivity index (χ0) is 15.1. The molecule has 1 N–H and O–H groups in total. The Hall–Kier alpha value is -1.37. The lowest BCUT2D eigenvalue weighted by Gasteiger charge is -2.21. The van der Waals surface area contributed by atoms with E-state index in [0.29, 0.717) is 0 Å². The minimum atomic E-state index is -0.218. The summed E-state index contributed by atoms with van der Waals surface area (Å²) in [6.07, 6.45) is 0. The molecule has 1 unspecified atom stereocenters. The number of nitrogens with one attached hydrogen (secondary N) is 1. The van der Waals surface area contributed by atoms with Crippen molar-refractivity contribution < 1.29 is 0 Å². The third-order valence-electron chi connectivity index (χ3n) is 3.99. The number of nitrogens with zero attached hydrogens (tertiary/aromatic N) is 2. The van der Waals surface area contributed by atoms with E-state index in [1.807, 2.05) is 0 Å². The van der Waals surface area contributed by atoms with Gasteiger partial charge in [-0.15, -0.1) is 0 Å². The van der Waals surface area contributed by atoms with E-state index in [4.69, 9.17) is 0 Å². The van der Waals surface area contributed by atoms with Gasteiger partial charge in [0.25, 0.3) is 0 Å². The lowest BCUT2D eigenvalue weighted by atomic mass is 9.96. The molecule has 3 heteroatoms. The highest BCUT2D eigenvalue weighted by atomic mass is 15.1. The maximum Gasteiger partial charge on any atom is 0.121 e. The van der Waals surface area contributed by atoms with Crippen LogP contribution in [0.2, 0.25) is 0 Å². The molecule has 0 aliphatic heterocycles. The Morgan fingerprint density at radius 2 is 1.70 bits per heavy atom. The second kappa shape index (κ2) is 8.04. The molecule has 0 heterocycles. The molecule has 0 spiro atoms. The molecule has 0 aliphatic carbocycles. The van der Waals surface area contributed by atoms with Gasteiger partial charge < -0.3 is 4.90 Å². The Balaban J connectivity index is 2.72. The number of hydrogen-bond acceptors (Lipinski definition) is 3. The Morgan fingerprint density at radius 3 is 2.25 bits per heavy atom. The predicted molar refractivity (Wildman–Crippen MR) is 84.8 cm³/mol. The van der Waals surface area contributed by atoms with Crippen LogP contribution in [-0.4, -0.2) is 31.1 Å². The number of rotatable bonds is 7. The first-order valence-corrected chi connectivity index (χ1v) is 7.46. The van der Waals surface area contributed by atoms with Crippen molar-refractivity contribution in [2.45, 2.75) is 40.7 Å². The third-order valence-corrected chi connectivity index (χ3v) is 3.99. The van der Waals surface area contributed by atoms with Crippen LogP contribution in [0.15, 0.2) is 12.1 Å². The van der Waals surface area contributed by atoms with Crippen LogP contribution in [0.4, 0.5) is 0 Å². The van der Waals surface area contributed by atoms with E-state index in [0.717, 1.165) is 31.7 Å². The molecule has 0 amide bonds. The summed E-state index contributed by atoms with van der Waals surface area (Å²) in [6, 6.07) is 6.48. The number of benzene rings is 1. The summed E-state index contributed by atoms with van der Waals surface area (Å²) < 4.78 is 0. The molecule has 0 fully saturated rings. The van der Waals surface area contributed by atoms with Crippen LogP contribution >= 0.6 is 0 Å². The van der Waals surface area contributed by atoms with Gasteiger partial charge in [0.15, 0.2) is 0 Å². The molecule has 0 saturated heterocycles. The lowest BCUT2D eigenvalue weighted by molar-refractivity contribution is 0.300. The molecular formula is C17H27N3. The average molecular weight is 273 g/mol. The van der Waals surface area contributed by atoms with Crippen LogP contribution in [0.1, 0.15) is 42.1 Å². The Bertz CT molecular complexity index is 470. The van der Waals surface area contributed by atoms with Gasteiger partial charge in [-0.3, -0.25) is 5.32 Å². The van der Waals surface area contributed by atoms with E-state index in [9.17, 15) is 5.26 Å². The van der Waals surface area contributed by atoms with E-state index in [-0.39, 0.29) is 6.04 Å². The quantitative estimate of drug-likeness (QED) is 0.829. The topological polar surface area (TPSA) is 39.1 Å². The minimum Gasteiger partial charge on any atom is -0.303 e. The molecule has 0 saturated carbocycles. The van der Waals surface area contributed by atoms with E-state index in [2.05, 4.69) is 63.0 Å². The van der Waals surface area contributed by atoms with E-state index >= 15 is 0 Å². The van der Waals surface area contributed by atoms with Crippen LogP contribution in [0.3, 0.4) is 0 Å². The SMILES string of the molecule is CCN(CC)CCNC(C#N)c1cc(C)c(C)cc1C. The van der Waals surface area contributed by atoms with Crippen LogP contribution in [0.25, 0.3) is 0 Å². The molecule has 1 rings (SSSR count). The van der Waals surface area contributed by atoms with E-state index in [1.54, 1.807) is 0 Å². The lowest BCUT2D eigenvalue weighted by Crippen LogP contribution is -2.33. The summed E-state index contributed by atoms with van der Waals surface area (Å²) in [5, 5.41) is 12.8. The van der Waals surface area contributed by atoms with Crippen molar-refractivity contribution in [3.8, 4) is 6.07 Å². The van der Waals surface area contributed by atoms with Gasteiger partial charge in [0.05, 0.1) is 6.07 Å². The highest BCUT2D eigenvalue weighted by Crippen LogP contribution is 2.21. The number of aryl methyl sites for hydroxylation is 3.